The minimum atomic E-state index is -0.383. The van der Waals surface area contributed by atoms with Gasteiger partial charge in [-0.15, -0.1) is 11.3 Å². The lowest BCUT2D eigenvalue weighted by Gasteiger charge is -2.09. The predicted octanol–water partition coefficient (Wildman–Crippen LogP) is 3.62. The zero-order valence-electron chi connectivity index (χ0n) is 16.0. The van der Waals surface area contributed by atoms with Crippen LogP contribution in [-0.2, 0) is 11.2 Å². The Morgan fingerprint density at radius 2 is 1.97 bits per heavy atom. The van der Waals surface area contributed by atoms with E-state index in [1.54, 1.807) is 36.7 Å². The monoisotopic (exact) mass is 410 g/mol. The summed E-state index contributed by atoms with van der Waals surface area (Å²) in [5, 5.41) is 18.4. The van der Waals surface area contributed by atoms with Gasteiger partial charge in [-0.1, -0.05) is 6.92 Å². The molecule has 150 valence electrons. The van der Waals surface area contributed by atoms with Crippen LogP contribution < -0.4 is 10.6 Å². The minimum absolute atomic E-state index is 0.126. The van der Waals surface area contributed by atoms with Crippen molar-refractivity contribution < 1.29 is 14.7 Å². The average Bonchev–Trinajstić information content (AvgIpc) is 3.22. The van der Waals surface area contributed by atoms with E-state index in [4.69, 9.17) is 0 Å². The second kappa shape index (κ2) is 9.79. The zero-order chi connectivity index (χ0) is 20.6. The summed E-state index contributed by atoms with van der Waals surface area (Å²) in [5.74, 6) is -0.665. The van der Waals surface area contributed by atoms with Crippen LogP contribution in [-0.4, -0.2) is 33.4 Å². The van der Waals surface area contributed by atoms with E-state index in [2.05, 4.69) is 20.6 Å². The van der Waals surface area contributed by atoms with Crippen LogP contribution in [0.1, 0.15) is 35.1 Å². The van der Waals surface area contributed by atoms with E-state index < -0.39 is 0 Å². The van der Waals surface area contributed by atoms with Gasteiger partial charge >= 0.3 is 0 Å². The fourth-order valence-corrected chi connectivity index (χ4v) is 3.51. The highest BCUT2D eigenvalue weighted by molar-refractivity contribution is 7.09. The fourth-order valence-electron chi connectivity index (χ4n) is 2.66. The Morgan fingerprint density at radius 1 is 1.17 bits per heavy atom. The molecule has 0 spiro atoms. The highest BCUT2D eigenvalue weighted by Crippen LogP contribution is 2.23. The molecule has 8 heteroatoms. The number of amides is 2. The first kappa shape index (κ1) is 20.5. The maximum absolute atomic E-state index is 12.4. The van der Waals surface area contributed by atoms with Gasteiger partial charge in [0.15, 0.2) is 0 Å². The number of phenolic OH excluding ortho intramolecular Hbond substituents is 1. The predicted molar refractivity (Wildman–Crippen MR) is 113 cm³/mol. The number of rotatable bonds is 8. The minimum Gasteiger partial charge on any atom is -0.507 e. The highest BCUT2D eigenvalue weighted by atomic mass is 32.1. The molecule has 0 unspecified atom stereocenters. The summed E-state index contributed by atoms with van der Waals surface area (Å²) in [7, 11) is 0. The van der Waals surface area contributed by atoms with Crippen LogP contribution in [0.4, 0.5) is 5.69 Å². The molecule has 0 aliphatic heterocycles. The first-order valence-electron chi connectivity index (χ1n) is 9.32. The molecule has 3 N–H and O–H groups in total. The fraction of sp³-hybridized carbons (Fsp3) is 0.238. The van der Waals surface area contributed by atoms with E-state index in [9.17, 15) is 14.7 Å². The van der Waals surface area contributed by atoms with Gasteiger partial charge in [0, 0.05) is 48.4 Å². The lowest BCUT2D eigenvalue weighted by atomic mass is 10.1. The van der Waals surface area contributed by atoms with Crippen molar-refractivity contribution in [2.45, 2.75) is 26.2 Å². The molecule has 2 heterocycles. The van der Waals surface area contributed by atoms with Gasteiger partial charge in [-0.2, -0.15) is 0 Å². The van der Waals surface area contributed by atoms with Gasteiger partial charge in [0.25, 0.3) is 5.91 Å². The topological polar surface area (TPSA) is 104 Å². The van der Waals surface area contributed by atoms with Crippen LogP contribution in [0.15, 0.2) is 48.1 Å². The highest BCUT2D eigenvalue weighted by Gasteiger charge is 2.13. The number of aromatic nitrogens is 2. The lowest BCUT2D eigenvalue weighted by Crippen LogP contribution is -2.25. The third-order valence-corrected chi connectivity index (χ3v) is 5.14. The molecule has 0 atom stereocenters. The number of pyridine rings is 1. The Labute approximate surface area is 172 Å². The molecule has 2 aromatic heterocycles. The number of phenols is 1. The van der Waals surface area contributed by atoms with Gasteiger partial charge in [0.2, 0.25) is 5.91 Å². The molecule has 0 fully saturated rings. The molecule has 29 heavy (non-hydrogen) atoms. The van der Waals surface area contributed by atoms with Crippen molar-refractivity contribution in [1.29, 1.82) is 0 Å². The van der Waals surface area contributed by atoms with Gasteiger partial charge in [-0.05, 0) is 36.8 Å². The number of anilines is 1. The second-order valence-electron chi connectivity index (χ2n) is 6.36. The van der Waals surface area contributed by atoms with Crippen LogP contribution in [0.3, 0.4) is 0 Å². The number of aromatic hydroxyl groups is 1. The lowest BCUT2D eigenvalue weighted by molar-refractivity contribution is -0.115. The average molecular weight is 410 g/mol. The van der Waals surface area contributed by atoms with E-state index in [0.717, 1.165) is 29.1 Å². The van der Waals surface area contributed by atoms with E-state index >= 15 is 0 Å². The zero-order valence-corrected chi connectivity index (χ0v) is 16.8. The van der Waals surface area contributed by atoms with Crippen molar-refractivity contribution in [3.05, 3.63) is 58.7 Å². The number of thiazole rings is 1. The normalized spacial score (nSPS) is 10.5. The molecule has 0 saturated heterocycles. The van der Waals surface area contributed by atoms with E-state index in [1.807, 2.05) is 17.5 Å². The Morgan fingerprint density at radius 3 is 2.72 bits per heavy atom. The first-order valence-corrected chi connectivity index (χ1v) is 10.2. The Kier molecular flexibility index (Phi) is 6.91. The molecule has 0 saturated carbocycles. The number of carbonyl (C=O) groups is 2. The molecule has 0 bridgehead atoms. The van der Waals surface area contributed by atoms with Crippen molar-refractivity contribution in [1.82, 2.24) is 15.3 Å². The molecule has 0 radical (unpaired) electrons. The first-order chi connectivity index (χ1) is 14.1. The quantitative estimate of drug-likeness (QED) is 0.389. The summed E-state index contributed by atoms with van der Waals surface area (Å²) in [6.45, 7) is 2.19. The van der Waals surface area contributed by atoms with Crippen molar-refractivity contribution in [2.24, 2.45) is 0 Å². The summed E-state index contributed by atoms with van der Waals surface area (Å²) in [5.41, 5.74) is 2.56. The molecular weight excluding hydrogens is 388 g/mol. The van der Waals surface area contributed by atoms with Gasteiger partial charge in [-0.25, -0.2) is 4.98 Å². The van der Waals surface area contributed by atoms with E-state index in [0.29, 0.717) is 18.7 Å². The summed E-state index contributed by atoms with van der Waals surface area (Å²) < 4.78 is 0. The Hall–Kier alpha value is -3.26. The van der Waals surface area contributed by atoms with Crippen molar-refractivity contribution in [2.75, 3.05) is 11.9 Å². The largest absolute Gasteiger partial charge is 0.507 e. The van der Waals surface area contributed by atoms with Crippen molar-refractivity contribution in [3.8, 4) is 17.0 Å². The molecule has 0 aliphatic carbocycles. The van der Waals surface area contributed by atoms with Crippen LogP contribution in [0.2, 0.25) is 0 Å². The van der Waals surface area contributed by atoms with E-state index in [1.165, 1.54) is 12.1 Å². The van der Waals surface area contributed by atoms with Gasteiger partial charge < -0.3 is 15.7 Å². The number of hydrogen-bond donors (Lipinski definition) is 3. The molecule has 2 amide bonds. The van der Waals surface area contributed by atoms with Crippen LogP contribution >= 0.6 is 11.3 Å². The number of nitrogens with one attached hydrogen (secondary N) is 2. The summed E-state index contributed by atoms with van der Waals surface area (Å²) >= 11 is 1.59. The number of aryl methyl sites for hydroxylation is 1. The van der Waals surface area contributed by atoms with E-state index in [-0.39, 0.29) is 23.1 Å². The third-order valence-electron chi connectivity index (χ3n) is 4.23. The number of hydrogen-bond acceptors (Lipinski definition) is 6. The Bertz CT molecular complexity index is 989. The second-order valence-corrected chi connectivity index (χ2v) is 7.30. The van der Waals surface area contributed by atoms with Crippen molar-refractivity contribution in [3.63, 3.8) is 0 Å². The summed E-state index contributed by atoms with van der Waals surface area (Å²) in [6.07, 6.45) is 5.28. The van der Waals surface area contributed by atoms with Gasteiger partial charge in [-0.3, -0.25) is 14.6 Å². The standard InChI is InChI=1S/C21H22N4O3S/c1-2-19(27)24-15-5-6-18(26)16(12-15)21(28)23-9-3-4-20-25-17(13-29-20)14-7-10-22-11-8-14/h5-8,10-13,26H,2-4,9H2,1H3,(H,23,28)(H,24,27). The SMILES string of the molecule is CCC(=O)Nc1ccc(O)c(C(=O)NCCCc2nc(-c3ccncc3)cs2)c1. The smallest absolute Gasteiger partial charge is 0.255 e. The molecule has 0 aliphatic rings. The van der Waals surface area contributed by atoms with Gasteiger partial charge in [0.1, 0.15) is 5.75 Å². The summed E-state index contributed by atoms with van der Waals surface area (Å²) in [4.78, 5) is 32.5. The van der Waals surface area contributed by atoms with Crippen molar-refractivity contribution >= 4 is 28.8 Å². The number of carbonyl (C=O) groups excluding carboxylic acids is 2. The number of benzene rings is 1. The van der Waals surface area contributed by atoms with Gasteiger partial charge in [0.05, 0.1) is 16.3 Å². The summed E-state index contributed by atoms with van der Waals surface area (Å²) in [6, 6.07) is 8.27. The number of nitrogens with zero attached hydrogens (tertiary/aromatic N) is 2. The maximum atomic E-state index is 12.4. The van der Waals surface area contributed by atoms with Crippen LogP contribution in [0.5, 0.6) is 5.75 Å². The Balaban J connectivity index is 1.51. The molecule has 1 aromatic carbocycles. The molecule has 7 nitrogen and oxygen atoms in total. The van der Waals surface area contributed by atoms with Crippen LogP contribution in [0.25, 0.3) is 11.3 Å². The molecule has 3 rings (SSSR count). The third kappa shape index (κ3) is 5.61. The van der Waals surface area contributed by atoms with Crippen LogP contribution in [0, 0.1) is 0 Å². The molecule has 3 aromatic rings. The molecular formula is C21H22N4O3S. The maximum Gasteiger partial charge on any atom is 0.255 e.